The van der Waals surface area contributed by atoms with E-state index in [-0.39, 0.29) is 14.2 Å². The molecule has 3 rings (SSSR count). The lowest BCUT2D eigenvalue weighted by molar-refractivity contribution is 0.106. The van der Waals surface area contributed by atoms with Crippen molar-refractivity contribution in [1.29, 1.82) is 0 Å². The lowest BCUT2D eigenvalue weighted by Crippen LogP contribution is -2.58. The number of rotatable bonds is 4. The van der Waals surface area contributed by atoms with Crippen molar-refractivity contribution in [3.63, 3.8) is 0 Å². The molecule has 2 N–H and O–H groups in total. The van der Waals surface area contributed by atoms with E-state index in [1.54, 1.807) is 0 Å². The van der Waals surface area contributed by atoms with E-state index in [0.29, 0.717) is 17.1 Å². The first-order chi connectivity index (χ1) is 13.4. The predicted molar refractivity (Wildman–Crippen MR) is 105 cm³/mol. The van der Waals surface area contributed by atoms with Crippen LogP contribution in [0.5, 0.6) is 0 Å². The molecule has 0 spiro atoms. The van der Waals surface area contributed by atoms with E-state index in [0.717, 1.165) is 0 Å². The fourth-order valence-electron chi connectivity index (χ4n) is 2.48. The SMILES string of the molecule is CC(C)OC(=O)N1C(N)=N/C(=N/S(=O)(=O)c2ccccc2Cl)N(C2CC2)S1(=O)=O. The molecule has 1 aromatic carbocycles. The molecule has 1 saturated carbocycles. The monoisotopic (exact) mass is 463 g/mol. The van der Waals surface area contributed by atoms with Gasteiger partial charge in [-0.05, 0) is 38.8 Å². The number of amides is 1. The average Bonchev–Trinajstić information content (AvgIpc) is 3.37. The molecule has 11 nitrogen and oxygen atoms in total. The van der Waals surface area contributed by atoms with Gasteiger partial charge in [0.2, 0.25) is 5.96 Å². The summed E-state index contributed by atoms with van der Waals surface area (Å²) in [6.07, 6.45) is -0.991. The highest BCUT2D eigenvalue weighted by atomic mass is 35.5. The van der Waals surface area contributed by atoms with Crippen LogP contribution in [0.15, 0.2) is 38.6 Å². The van der Waals surface area contributed by atoms with Crippen LogP contribution in [-0.4, -0.2) is 55.6 Å². The molecular formula is C15H18ClN5O6S2. The second kappa shape index (κ2) is 7.46. The molecule has 0 unspecified atom stereocenters. The Morgan fingerprint density at radius 3 is 2.52 bits per heavy atom. The molecule has 1 fully saturated rings. The zero-order valence-electron chi connectivity index (χ0n) is 15.4. The Balaban J connectivity index is 2.12. The Hall–Kier alpha value is -2.38. The largest absolute Gasteiger partial charge is 0.446 e. The fourth-order valence-corrected chi connectivity index (χ4v) is 5.52. The summed E-state index contributed by atoms with van der Waals surface area (Å²) in [5.74, 6) is -1.45. The van der Waals surface area contributed by atoms with Crippen LogP contribution in [0.3, 0.4) is 0 Å². The van der Waals surface area contributed by atoms with Gasteiger partial charge < -0.3 is 10.5 Å². The van der Waals surface area contributed by atoms with Gasteiger partial charge in [0.15, 0.2) is 0 Å². The van der Waals surface area contributed by atoms with E-state index in [1.807, 2.05) is 0 Å². The van der Waals surface area contributed by atoms with E-state index in [1.165, 1.54) is 38.1 Å². The van der Waals surface area contributed by atoms with E-state index < -0.39 is 50.4 Å². The van der Waals surface area contributed by atoms with Crippen molar-refractivity contribution >= 4 is 49.8 Å². The van der Waals surface area contributed by atoms with Gasteiger partial charge in [0.25, 0.3) is 16.0 Å². The van der Waals surface area contributed by atoms with Crippen molar-refractivity contribution in [1.82, 2.24) is 8.61 Å². The number of guanidine groups is 2. The quantitative estimate of drug-likeness (QED) is 0.705. The number of nitrogens with two attached hydrogens (primary N) is 1. The van der Waals surface area contributed by atoms with Gasteiger partial charge in [-0.1, -0.05) is 23.7 Å². The smallest absolute Gasteiger partial charge is 0.432 e. The molecule has 1 aliphatic heterocycles. The molecule has 158 valence electrons. The molecule has 0 radical (unpaired) electrons. The van der Waals surface area contributed by atoms with Crippen molar-refractivity contribution < 1.29 is 26.4 Å². The molecule has 0 atom stereocenters. The van der Waals surface area contributed by atoms with Gasteiger partial charge in [-0.15, -0.1) is 8.70 Å². The van der Waals surface area contributed by atoms with Crippen LogP contribution in [0, 0.1) is 0 Å². The highest BCUT2D eigenvalue weighted by molar-refractivity contribution is 7.91. The maximum atomic E-state index is 13.0. The zero-order valence-corrected chi connectivity index (χ0v) is 17.8. The van der Waals surface area contributed by atoms with Gasteiger partial charge in [0.1, 0.15) is 4.90 Å². The number of carbonyl (C=O) groups is 1. The molecule has 29 heavy (non-hydrogen) atoms. The zero-order chi connectivity index (χ0) is 21.6. The maximum absolute atomic E-state index is 13.0. The van der Waals surface area contributed by atoms with Crippen LogP contribution in [0.25, 0.3) is 0 Å². The Morgan fingerprint density at radius 2 is 1.97 bits per heavy atom. The van der Waals surface area contributed by atoms with Gasteiger partial charge in [0.05, 0.1) is 17.2 Å². The van der Waals surface area contributed by atoms with Crippen LogP contribution in [-0.2, 0) is 25.0 Å². The molecule has 0 bridgehead atoms. The summed E-state index contributed by atoms with van der Waals surface area (Å²) < 4.78 is 60.7. The second-order valence-electron chi connectivity index (χ2n) is 6.50. The summed E-state index contributed by atoms with van der Waals surface area (Å²) in [5, 5.41) is -0.0902. The van der Waals surface area contributed by atoms with Gasteiger partial charge >= 0.3 is 16.3 Å². The third-order valence-corrected chi connectivity index (χ3v) is 7.31. The minimum absolute atomic E-state index is 0.0902. The molecule has 0 aromatic heterocycles. The number of ether oxygens (including phenoxy) is 1. The highest BCUT2D eigenvalue weighted by Gasteiger charge is 2.50. The summed E-state index contributed by atoms with van der Waals surface area (Å²) in [6.45, 7) is 3.06. The Morgan fingerprint density at radius 1 is 1.34 bits per heavy atom. The molecule has 1 heterocycles. The van der Waals surface area contributed by atoms with E-state index >= 15 is 0 Å². The predicted octanol–water partition coefficient (Wildman–Crippen LogP) is 1.27. The van der Waals surface area contributed by atoms with E-state index in [4.69, 9.17) is 22.1 Å². The van der Waals surface area contributed by atoms with E-state index in [9.17, 15) is 21.6 Å². The normalized spacial score (nSPS) is 20.7. The third kappa shape index (κ3) is 4.16. The van der Waals surface area contributed by atoms with Crippen LogP contribution >= 0.6 is 11.6 Å². The van der Waals surface area contributed by atoms with Crippen molar-refractivity contribution in [3.8, 4) is 0 Å². The number of nitrogens with zero attached hydrogens (tertiary/aromatic N) is 4. The first kappa shape index (κ1) is 21.3. The van der Waals surface area contributed by atoms with Crippen LogP contribution in [0.4, 0.5) is 4.79 Å². The summed E-state index contributed by atoms with van der Waals surface area (Å²) in [7, 11) is -9.01. The molecular weight excluding hydrogens is 446 g/mol. The summed E-state index contributed by atoms with van der Waals surface area (Å²) in [5.41, 5.74) is 5.66. The molecule has 1 aromatic rings. The number of hydrogen-bond acceptors (Lipinski definition) is 7. The Kier molecular flexibility index (Phi) is 5.49. The van der Waals surface area contributed by atoms with Gasteiger partial charge in [-0.25, -0.2) is 9.10 Å². The van der Waals surface area contributed by atoms with Crippen molar-refractivity contribution in [2.75, 3.05) is 0 Å². The fraction of sp³-hybridized carbons (Fsp3) is 0.400. The van der Waals surface area contributed by atoms with Crippen LogP contribution in [0.1, 0.15) is 26.7 Å². The number of carbonyl (C=O) groups excluding carboxylic acids is 1. The first-order valence-corrected chi connectivity index (χ1v) is 11.7. The lowest BCUT2D eigenvalue weighted by atomic mass is 10.4. The lowest BCUT2D eigenvalue weighted by Gasteiger charge is -2.33. The summed E-state index contributed by atoms with van der Waals surface area (Å²) >= 11 is 5.93. The van der Waals surface area contributed by atoms with Crippen molar-refractivity contribution in [3.05, 3.63) is 29.3 Å². The van der Waals surface area contributed by atoms with Crippen molar-refractivity contribution in [2.24, 2.45) is 15.1 Å². The topological polar surface area (TPSA) is 152 Å². The van der Waals surface area contributed by atoms with Crippen molar-refractivity contribution in [2.45, 2.75) is 43.7 Å². The van der Waals surface area contributed by atoms with Gasteiger partial charge in [-0.2, -0.15) is 21.8 Å². The minimum Gasteiger partial charge on any atom is -0.446 e. The molecule has 1 aliphatic carbocycles. The van der Waals surface area contributed by atoms with Gasteiger partial charge in [-0.3, -0.25) is 0 Å². The standard InChI is InChI=1S/C15H18ClN5O6S2/c1-9(2)27-15(22)21-13(17)18-14(20(10-7-8-10)29(21,25)26)19-28(23,24)12-6-4-3-5-11(12)16/h3-6,9-10H,7-8H2,1-2H3,(H2,17,18,19). The first-order valence-electron chi connectivity index (χ1n) is 8.44. The Bertz CT molecular complexity index is 1110. The number of halogens is 1. The maximum Gasteiger partial charge on any atom is 0.432 e. The summed E-state index contributed by atoms with van der Waals surface area (Å²) in [4.78, 5) is 15.7. The third-order valence-electron chi connectivity index (χ3n) is 3.80. The average molecular weight is 464 g/mol. The molecule has 14 heteroatoms. The number of aliphatic imine (C=N–C) groups is 1. The molecule has 2 aliphatic rings. The number of hydrogen-bond donors (Lipinski definition) is 1. The van der Waals surface area contributed by atoms with Gasteiger partial charge in [0, 0.05) is 0 Å². The number of sulfonamides is 1. The van der Waals surface area contributed by atoms with Crippen LogP contribution < -0.4 is 5.73 Å². The van der Waals surface area contributed by atoms with E-state index in [2.05, 4.69) is 9.39 Å². The minimum atomic E-state index is -4.60. The van der Waals surface area contributed by atoms with Crippen LogP contribution in [0.2, 0.25) is 5.02 Å². The number of benzene rings is 1. The Labute approximate surface area is 173 Å². The second-order valence-corrected chi connectivity index (χ2v) is 10.1. The molecule has 1 amide bonds. The molecule has 0 saturated heterocycles. The highest BCUT2D eigenvalue weighted by Crippen LogP contribution is 2.34. The summed E-state index contributed by atoms with van der Waals surface area (Å²) in [6, 6.07) is 4.94.